The van der Waals surface area contributed by atoms with Gasteiger partial charge in [-0.15, -0.1) is 11.3 Å². The highest BCUT2D eigenvalue weighted by atomic mass is 32.1. The summed E-state index contributed by atoms with van der Waals surface area (Å²) in [6, 6.07) is 4.23. The van der Waals surface area contributed by atoms with E-state index in [0.717, 1.165) is 19.3 Å². The van der Waals surface area contributed by atoms with Gasteiger partial charge in [-0.3, -0.25) is 4.79 Å². The van der Waals surface area contributed by atoms with Gasteiger partial charge in [-0.2, -0.15) is 0 Å². The molecular weight excluding hydrogens is 194 g/mol. The van der Waals surface area contributed by atoms with Crippen molar-refractivity contribution in [3.63, 3.8) is 0 Å². The topological polar surface area (TPSA) is 43.1 Å². The summed E-state index contributed by atoms with van der Waals surface area (Å²) >= 11 is 1.80. The molecule has 0 atom stereocenters. The van der Waals surface area contributed by atoms with Crippen molar-refractivity contribution in [3.8, 4) is 0 Å². The third kappa shape index (κ3) is 4.82. The van der Waals surface area contributed by atoms with Crippen LogP contribution in [0.25, 0.3) is 0 Å². The van der Waals surface area contributed by atoms with Crippen LogP contribution < -0.4 is 5.73 Å². The molecule has 76 valence electrons. The molecule has 1 amide bonds. The Hall–Kier alpha value is -1.09. The van der Waals surface area contributed by atoms with Crippen molar-refractivity contribution in [2.75, 3.05) is 0 Å². The van der Waals surface area contributed by atoms with Gasteiger partial charge in [0.2, 0.25) is 5.91 Å². The third-order valence-corrected chi connectivity index (χ3v) is 2.84. The number of amides is 1. The van der Waals surface area contributed by atoms with Gasteiger partial charge in [-0.05, 0) is 43.2 Å². The summed E-state index contributed by atoms with van der Waals surface area (Å²) in [7, 11) is 0. The van der Waals surface area contributed by atoms with Crippen LogP contribution in [0.5, 0.6) is 0 Å². The lowest BCUT2D eigenvalue weighted by atomic mass is 10.1. The Balaban J connectivity index is 2.03. The molecule has 0 aliphatic heterocycles. The number of aryl methyl sites for hydroxylation is 1. The van der Waals surface area contributed by atoms with Crippen molar-refractivity contribution in [1.29, 1.82) is 0 Å². The van der Waals surface area contributed by atoms with Gasteiger partial charge in [0.1, 0.15) is 0 Å². The van der Waals surface area contributed by atoms with E-state index in [1.54, 1.807) is 11.3 Å². The molecule has 1 rings (SSSR count). The highest BCUT2D eigenvalue weighted by Crippen LogP contribution is 2.12. The molecule has 0 bridgehead atoms. The number of carbonyl (C=O) groups is 1. The van der Waals surface area contributed by atoms with E-state index < -0.39 is 0 Å². The van der Waals surface area contributed by atoms with Crippen LogP contribution in [0.4, 0.5) is 0 Å². The summed E-state index contributed by atoms with van der Waals surface area (Å²) in [5.74, 6) is -0.358. The van der Waals surface area contributed by atoms with E-state index in [2.05, 4.69) is 17.5 Å². The Morgan fingerprint density at radius 1 is 1.50 bits per heavy atom. The van der Waals surface area contributed by atoms with Crippen molar-refractivity contribution in [2.45, 2.75) is 25.7 Å². The van der Waals surface area contributed by atoms with Crippen LogP contribution in [0.1, 0.15) is 24.1 Å². The summed E-state index contributed by atoms with van der Waals surface area (Å²) in [5, 5.41) is 2.10. The quantitative estimate of drug-likeness (QED) is 0.567. The number of rotatable bonds is 6. The number of nitrogens with two attached hydrogens (primary N) is 1. The first-order valence-electron chi connectivity index (χ1n) is 4.77. The minimum absolute atomic E-state index is 0.358. The Morgan fingerprint density at radius 3 is 3.00 bits per heavy atom. The number of hydrogen-bond donors (Lipinski definition) is 1. The van der Waals surface area contributed by atoms with Crippen LogP contribution in [0, 0.1) is 0 Å². The van der Waals surface area contributed by atoms with Crippen LogP contribution in [0.3, 0.4) is 0 Å². The first-order valence-corrected chi connectivity index (χ1v) is 5.65. The molecule has 14 heavy (non-hydrogen) atoms. The van der Waals surface area contributed by atoms with E-state index in [1.807, 2.05) is 6.08 Å². The standard InChI is InChI=1S/C11H15NOS/c12-11(13)8-4-2-1-3-6-10-7-5-9-14-10/h4-5,7-9H,1-3,6H2,(H2,12,13)/b8-4-. The maximum absolute atomic E-state index is 10.4. The Morgan fingerprint density at radius 2 is 2.36 bits per heavy atom. The fraction of sp³-hybridized carbons (Fsp3) is 0.364. The summed E-state index contributed by atoms with van der Waals surface area (Å²) < 4.78 is 0. The monoisotopic (exact) mass is 209 g/mol. The summed E-state index contributed by atoms with van der Waals surface area (Å²) in [6.45, 7) is 0. The van der Waals surface area contributed by atoms with E-state index in [9.17, 15) is 4.79 Å². The summed E-state index contributed by atoms with van der Waals surface area (Å²) in [6.07, 6.45) is 7.64. The second-order valence-corrected chi connectivity index (χ2v) is 4.16. The predicted molar refractivity (Wildman–Crippen MR) is 60.2 cm³/mol. The molecule has 2 N–H and O–H groups in total. The molecule has 1 aromatic rings. The van der Waals surface area contributed by atoms with E-state index in [-0.39, 0.29) is 5.91 Å². The number of carbonyl (C=O) groups excluding carboxylic acids is 1. The fourth-order valence-electron chi connectivity index (χ4n) is 1.22. The van der Waals surface area contributed by atoms with Crippen molar-refractivity contribution >= 4 is 17.2 Å². The predicted octanol–water partition coefficient (Wildman–Crippen LogP) is 2.50. The largest absolute Gasteiger partial charge is 0.366 e. The van der Waals surface area contributed by atoms with Crippen molar-refractivity contribution in [1.82, 2.24) is 0 Å². The highest BCUT2D eigenvalue weighted by molar-refractivity contribution is 7.09. The second-order valence-electron chi connectivity index (χ2n) is 3.13. The lowest BCUT2D eigenvalue weighted by Crippen LogP contribution is -2.05. The molecule has 0 spiro atoms. The highest BCUT2D eigenvalue weighted by Gasteiger charge is 1.92. The molecule has 0 unspecified atom stereocenters. The summed E-state index contributed by atoms with van der Waals surface area (Å²) in [4.78, 5) is 11.8. The van der Waals surface area contributed by atoms with Gasteiger partial charge in [0.25, 0.3) is 0 Å². The molecule has 0 radical (unpaired) electrons. The number of unbranched alkanes of at least 4 members (excludes halogenated alkanes) is 2. The zero-order valence-electron chi connectivity index (χ0n) is 8.11. The van der Waals surface area contributed by atoms with Gasteiger partial charge >= 0.3 is 0 Å². The molecule has 0 saturated heterocycles. The van der Waals surface area contributed by atoms with E-state index in [0.29, 0.717) is 0 Å². The Kier molecular flexibility index (Phi) is 5.00. The average Bonchev–Trinajstić information content (AvgIpc) is 2.63. The maximum Gasteiger partial charge on any atom is 0.241 e. The minimum atomic E-state index is -0.358. The molecule has 0 fully saturated rings. The van der Waals surface area contributed by atoms with Crippen LogP contribution in [-0.2, 0) is 11.2 Å². The zero-order chi connectivity index (χ0) is 10.2. The van der Waals surface area contributed by atoms with Gasteiger partial charge in [0.05, 0.1) is 0 Å². The van der Waals surface area contributed by atoms with Crippen LogP contribution in [0.2, 0.25) is 0 Å². The minimum Gasteiger partial charge on any atom is -0.366 e. The normalized spacial score (nSPS) is 10.9. The smallest absolute Gasteiger partial charge is 0.241 e. The fourth-order valence-corrected chi connectivity index (χ4v) is 1.97. The first-order chi connectivity index (χ1) is 6.79. The number of allylic oxidation sites excluding steroid dienone is 1. The molecule has 0 aromatic carbocycles. The van der Waals surface area contributed by atoms with Gasteiger partial charge in [0.15, 0.2) is 0 Å². The van der Waals surface area contributed by atoms with E-state index in [4.69, 9.17) is 5.73 Å². The number of hydrogen-bond acceptors (Lipinski definition) is 2. The molecule has 3 heteroatoms. The third-order valence-electron chi connectivity index (χ3n) is 1.91. The molecule has 2 nitrogen and oxygen atoms in total. The first kappa shape index (κ1) is 11.0. The molecule has 0 aliphatic rings. The van der Waals surface area contributed by atoms with Crippen molar-refractivity contribution in [3.05, 3.63) is 34.5 Å². The van der Waals surface area contributed by atoms with Crippen LogP contribution >= 0.6 is 11.3 Å². The second kappa shape index (κ2) is 6.38. The molecule has 1 heterocycles. The zero-order valence-corrected chi connectivity index (χ0v) is 8.93. The maximum atomic E-state index is 10.4. The van der Waals surface area contributed by atoms with Crippen molar-refractivity contribution in [2.24, 2.45) is 5.73 Å². The summed E-state index contributed by atoms with van der Waals surface area (Å²) in [5.41, 5.74) is 4.96. The molecule has 0 saturated carbocycles. The van der Waals surface area contributed by atoms with Gasteiger partial charge in [-0.25, -0.2) is 0 Å². The van der Waals surface area contributed by atoms with Gasteiger partial charge in [0, 0.05) is 4.88 Å². The number of primary amides is 1. The molecule has 0 aliphatic carbocycles. The Bertz CT molecular complexity index is 290. The SMILES string of the molecule is NC(=O)/C=C\CCCCc1cccs1. The van der Waals surface area contributed by atoms with Crippen LogP contribution in [0.15, 0.2) is 29.7 Å². The molecule has 1 aromatic heterocycles. The van der Waals surface area contributed by atoms with Gasteiger partial charge in [-0.1, -0.05) is 12.1 Å². The number of thiophene rings is 1. The van der Waals surface area contributed by atoms with E-state index in [1.165, 1.54) is 17.4 Å². The average molecular weight is 209 g/mol. The lowest BCUT2D eigenvalue weighted by molar-refractivity contribution is -0.113. The lowest BCUT2D eigenvalue weighted by Gasteiger charge is -1.95. The van der Waals surface area contributed by atoms with E-state index >= 15 is 0 Å². The Labute approximate surface area is 88.4 Å². The van der Waals surface area contributed by atoms with Gasteiger partial charge < -0.3 is 5.73 Å². The van der Waals surface area contributed by atoms with Crippen molar-refractivity contribution < 1.29 is 4.79 Å². The van der Waals surface area contributed by atoms with Crippen LogP contribution in [-0.4, -0.2) is 5.91 Å². The molecular formula is C11H15NOS.